The van der Waals surface area contributed by atoms with Crippen LogP contribution < -0.4 is 0 Å². The molecule has 7 heteroatoms. The second-order valence-electron chi connectivity index (χ2n) is 5.00. The van der Waals surface area contributed by atoms with Gasteiger partial charge in [0, 0.05) is 18.7 Å². The number of nitrogens with zero attached hydrogens (tertiary/aromatic N) is 1. The number of hydrogen-bond acceptors (Lipinski definition) is 5. The molecule has 6 nitrogen and oxygen atoms in total. The molecule has 0 atom stereocenters. The number of aliphatic hydroxyl groups is 2. The predicted molar refractivity (Wildman–Crippen MR) is 82.9 cm³/mol. The number of carbonyl (C=O) groups excluding carboxylic acids is 1. The molecule has 0 fully saturated rings. The van der Waals surface area contributed by atoms with E-state index in [0.717, 1.165) is 0 Å². The second-order valence-corrected chi connectivity index (χ2v) is 7.07. The van der Waals surface area contributed by atoms with E-state index in [9.17, 15) is 13.2 Å². The van der Waals surface area contributed by atoms with Crippen molar-refractivity contribution in [1.82, 2.24) is 4.90 Å². The van der Waals surface area contributed by atoms with Crippen LogP contribution in [0.4, 0.5) is 0 Å². The summed E-state index contributed by atoms with van der Waals surface area (Å²) in [6.45, 7) is -0.175. The molecule has 0 bridgehead atoms. The number of allylic oxidation sites excluding steroid dienone is 1. The standard InChI is InChI=1S/C15H19NO5S/c17-8-6-16(7-9-18)15(19)13-4-1-3-12(11-13)14-5-2-10-22(14,20)21/h1,3-5,11,17-18H,2,6-10H2. The van der Waals surface area contributed by atoms with Crippen molar-refractivity contribution in [3.63, 3.8) is 0 Å². The number of sulfone groups is 1. The molecule has 0 aromatic heterocycles. The van der Waals surface area contributed by atoms with Crippen molar-refractivity contribution in [3.8, 4) is 0 Å². The molecular weight excluding hydrogens is 306 g/mol. The van der Waals surface area contributed by atoms with Crippen LogP contribution in [0.15, 0.2) is 30.3 Å². The molecule has 1 aromatic carbocycles. The number of benzene rings is 1. The summed E-state index contributed by atoms with van der Waals surface area (Å²) < 4.78 is 23.9. The van der Waals surface area contributed by atoms with Crippen molar-refractivity contribution in [2.75, 3.05) is 32.1 Å². The van der Waals surface area contributed by atoms with E-state index in [1.165, 1.54) is 4.90 Å². The lowest BCUT2D eigenvalue weighted by molar-refractivity contribution is 0.0685. The molecule has 1 aliphatic rings. The SMILES string of the molecule is O=C(c1cccc(C2=CCCS2(=O)=O)c1)N(CCO)CCO. The maximum absolute atomic E-state index is 12.4. The number of hydrogen-bond donors (Lipinski definition) is 2. The van der Waals surface area contributed by atoms with Crippen molar-refractivity contribution in [3.05, 3.63) is 41.5 Å². The lowest BCUT2D eigenvalue weighted by Gasteiger charge is -2.21. The highest BCUT2D eigenvalue weighted by molar-refractivity contribution is 8.00. The Labute approximate surface area is 129 Å². The van der Waals surface area contributed by atoms with Crippen LogP contribution in [0, 0.1) is 0 Å². The Hall–Kier alpha value is -1.70. The van der Waals surface area contributed by atoms with Gasteiger partial charge in [0.2, 0.25) is 0 Å². The third kappa shape index (κ3) is 3.55. The van der Waals surface area contributed by atoms with Crippen LogP contribution >= 0.6 is 0 Å². The molecular formula is C15H19NO5S. The number of amides is 1. The summed E-state index contributed by atoms with van der Waals surface area (Å²) in [4.78, 5) is 14.0. The molecule has 0 aliphatic carbocycles. The fourth-order valence-corrected chi connectivity index (χ4v) is 3.93. The van der Waals surface area contributed by atoms with Crippen LogP contribution in [0.25, 0.3) is 4.91 Å². The zero-order valence-corrected chi connectivity index (χ0v) is 12.9. The van der Waals surface area contributed by atoms with Crippen molar-refractivity contribution in [2.45, 2.75) is 6.42 Å². The van der Waals surface area contributed by atoms with E-state index in [0.29, 0.717) is 17.5 Å². The smallest absolute Gasteiger partial charge is 0.254 e. The van der Waals surface area contributed by atoms with Gasteiger partial charge in [-0.05, 0) is 24.1 Å². The summed E-state index contributed by atoms with van der Waals surface area (Å²) in [5.41, 5.74) is 0.832. The van der Waals surface area contributed by atoms with Gasteiger partial charge in [-0.1, -0.05) is 18.2 Å². The Morgan fingerprint density at radius 1 is 1.18 bits per heavy atom. The molecule has 2 N–H and O–H groups in total. The maximum Gasteiger partial charge on any atom is 0.254 e. The summed E-state index contributed by atoms with van der Waals surface area (Å²) in [6.07, 6.45) is 2.15. The number of rotatable bonds is 6. The molecule has 120 valence electrons. The molecule has 0 spiro atoms. The lowest BCUT2D eigenvalue weighted by Crippen LogP contribution is -2.35. The molecule has 0 unspecified atom stereocenters. The summed E-state index contributed by atoms with van der Waals surface area (Å²) >= 11 is 0. The maximum atomic E-state index is 12.4. The average Bonchev–Trinajstić information content (AvgIpc) is 2.86. The van der Waals surface area contributed by atoms with E-state index in [1.54, 1.807) is 30.3 Å². The summed E-state index contributed by atoms with van der Waals surface area (Å²) in [7, 11) is -3.27. The molecule has 1 aromatic rings. The first-order chi connectivity index (χ1) is 10.5. The molecule has 1 heterocycles. The monoisotopic (exact) mass is 325 g/mol. The van der Waals surface area contributed by atoms with Gasteiger partial charge >= 0.3 is 0 Å². The van der Waals surface area contributed by atoms with Crippen molar-refractivity contribution >= 4 is 20.6 Å². The zero-order chi connectivity index (χ0) is 16.2. The van der Waals surface area contributed by atoms with Gasteiger partial charge in [-0.3, -0.25) is 4.79 Å². The van der Waals surface area contributed by atoms with Gasteiger partial charge < -0.3 is 15.1 Å². The minimum absolute atomic E-state index is 0.0989. The summed E-state index contributed by atoms with van der Waals surface area (Å²) in [5.74, 6) is -0.247. The minimum atomic E-state index is -3.27. The Kier molecular flexibility index (Phi) is 5.33. The first-order valence-corrected chi connectivity index (χ1v) is 8.69. The zero-order valence-electron chi connectivity index (χ0n) is 12.1. The van der Waals surface area contributed by atoms with Gasteiger partial charge in [0.05, 0.1) is 23.9 Å². The molecule has 1 aliphatic heterocycles. The average molecular weight is 325 g/mol. The van der Waals surface area contributed by atoms with Gasteiger partial charge in [0.1, 0.15) is 0 Å². The molecule has 0 radical (unpaired) electrons. The quantitative estimate of drug-likeness (QED) is 0.783. The largest absolute Gasteiger partial charge is 0.395 e. The van der Waals surface area contributed by atoms with E-state index in [1.807, 2.05) is 0 Å². The van der Waals surface area contributed by atoms with Crippen LogP contribution in [0.1, 0.15) is 22.3 Å². The van der Waals surface area contributed by atoms with Crippen LogP contribution in [0.2, 0.25) is 0 Å². The number of aliphatic hydroxyl groups excluding tert-OH is 2. The summed E-state index contributed by atoms with van der Waals surface area (Å²) in [5, 5.41) is 18.0. The van der Waals surface area contributed by atoms with Gasteiger partial charge in [0.15, 0.2) is 9.84 Å². The Bertz CT molecular complexity index is 675. The first kappa shape index (κ1) is 16.7. The highest BCUT2D eigenvalue weighted by atomic mass is 32.2. The Balaban J connectivity index is 2.30. The van der Waals surface area contributed by atoms with E-state index in [-0.39, 0.29) is 42.9 Å². The van der Waals surface area contributed by atoms with Crippen LogP contribution in [0.3, 0.4) is 0 Å². The second kappa shape index (κ2) is 7.04. The Morgan fingerprint density at radius 2 is 1.86 bits per heavy atom. The minimum Gasteiger partial charge on any atom is -0.395 e. The lowest BCUT2D eigenvalue weighted by atomic mass is 10.1. The van der Waals surface area contributed by atoms with Gasteiger partial charge in [0.25, 0.3) is 5.91 Å². The van der Waals surface area contributed by atoms with E-state index in [2.05, 4.69) is 0 Å². The van der Waals surface area contributed by atoms with Crippen molar-refractivity contribution in [2.24, 2.45) is 0 Å². The normalized spacial score (nSPS) is 16.4. The summed E-state index contributed by atoms with van der Waals surface area (Å²) in [6, 6.07) is 6.43. The predicted octanol–water partition coefficient (Wildman–Crippen LogP) is 0.273. The van der Waals surface area contributed by atoms with E-state index >= 15 is 0 Å². The Morgan fingerprint density at radius 3 is 2.41 bits per heavy atom. The number of carbonyl (C=O) groups is 1. The topological polar surface area (TPSA) is 94.9 Å². The highest BCUT2D eigenvalue weighted by Crippen LogP contribution is 2.28. The molecule has 1 amide bonds. The fourth-order valence-electron chi connectivity index (χ4n) is 2.42. The third-order valence-corrected chi connectivity index (χ3v) is 5.32. The molecule has 0 saturated heterocycles. The molecule has 0 saturated carbocycles. The third-order valence-electron chi connectivity index (χ3n) is 3.47. The van der Waals surface area contributed by atoms with E-state index in [4.69, 9.17) is 10.2 Å². The molecule has 22 heavy (non-hydrogen) atoms. The first-order valence-electron chi connectivity index (χ1n) is 7.04. The van der Waals surface area contributed by atoms with Crippen LogP contribution in [-0.2, 0) is 9.84 Å². The van der Waals surface area contributed by atoms with Crippen molar-refractivity contribution < 1.29 is 23.4 Å². The van der Waals surface area contributed by atoms with E-state index < -0.39 is 9.84 Å². The highest BCUT2D eigenvalue weighted by Gasteiger charge is 2.25. The van der Waals surface area contributed by atoms with Crippen LogP contribution in [0.5, 0.6) is 0 Å². The molecule has 2 rings (SSSR count). The van der Waals surface area contributed by atoms with Gasteiger partial charge in [-0.15, -0.1) is 0 Å². The van der Waals surface area contributed by atoms with Crippen LogP contribution in [-0.4, -0.2) is 61.5 Å². The van der Waals surface area contributed by atoms with Crippen molar-refractivity contribution in [1.29, 1.82) is 0 Å². The van der Waals surface area contributed by atoms with Gasteiger partial charge in [-0.2, -0.15) is 0 Å². The fraction of sp³-hybridized carbons (Fsp3) is 0.400. The van der Waals surface area contributed by atoms with Gasteiger partial charge in [-0.25, -0.2) is 8.42 Å².